The number of carbonyl (C=O) groups is 2. The Morgan fingerprint density at radius 2 is 2.04 bits per heavy atom. The van der Waals surface area contributed by atoms with E-state index in [1.165, 1.54) is 47.9 Å². The van der Waals surface area contributed by atoms with E-state index in [1.807, 2.05) is 0 Å². The predicted molar refractivity (Wildman–Crippen MR) is 106 cm³/mol. The van der Waals surface area contributed by atoms with E-state index >= 15 is 0 Å². The normalized spacial score (nSPS) is 16.1. The van der Waals surface area contributed by atoms with E-state index in [9.17, 15) is 14.0 Å². The summed E-state index contributed by atoms with van der Waals surface area (Å²) in [7, 11) is 1.77. The first-order chi connectivity index (χ1) is 13.0. The third-order valence-corrected chi connectivity index (χ3v) is 6.75. The molecule has 1 amide bonds. The summed E-state index contributed by atoms with van der Waals surface area (Å²) in [6.45, 7) is 1.90. The van der Waals surface area contributed by atoms with Gasteiger partial charge in [0, 0.05) is 23.9 Å². The number of nitrogens with zero attached hydrogens (tertiary/aromatic N) is 1. The summed E-state index contributed by atoms with van der Waals surface area (Å²) in [6.07, 6.45) is 5.27. The Labute approximate surface area is 162 Å². The Bertz CT molecular complexity index is 940. The van der Waals surface area contributed by atoms with Crippen molar-refractivity contribution in [2.45, 2.75) is 45.6 Å². The summed E-state index contributed by atoms with van der Waals surface area (Å²) in [5.74, 6) is -0.856. The number of aryl methyl sites for hydroxylation is 1. The molecule has 0 fully saturated rings. The van der Waals surface area contributed by atoms with Crippen molar-refractivity contribution in [3.63, 3.8) is 0 Å². The van der Waals surface area contributed by atoms with Crippen LogP contribution in [0.1, 0.15) is 51.0 Å². The van der Waals surface area contributed by atoms with Gasteiger partial charge >= 0.3 is 5.97 Å². The molecule has 0 radical (unpaired) electrons. The molecule has 0 saturated carbocycles. The molecule has 0 atom stereocenters. The third kappa shape index (κ3) is 3.29. The molecule has 27 heavy (non-hydrogen) atoms. The Hall–Kier alpha value is -2.15. The zero-order chi connectivity index (χ0) is 19.1. The monoisotopic (exact) mass is 385 g/mol. The number of hydrogen-bond donors (Lipinski definition) is 0. The number of carbonyl (C=O) groups excluding carboxylic acids is 2. The molecular formula is C20H21BFNO3S. The lowest BCUT2D eigenvalue weighted by Gasteiger charge is -2.30. The van der Waals surface area contributed by atoms with Gasteiger partial charge in [0.25, 0.3) is 5.91 Å². The van der Waals surface area contributed by atoms with Crippen molar-refractivity contribution in [1.82, 2.24) is 0 Å². The maximum atomic E-state index is 14.1. The van der Waals surface area contributed by atoms with E-state index in [1.54, 1.807) is 24.1 Å². The van der Waals surface area contributed by atoms with Crippen molar-refractivity contribution in [3.05, 3.63) is 44.4 Å². The van der Waals surface area contributed by atoms with Crippen LogP contribution in [0.5, 0.6) is 0 Å². The van der Waals surface area contributed by atoms with Crippen molar-refractivity contribution in [2.24, 2.45) is 0 Å². The third-order valence-electron chi connectivity index (χ3n) is 5.43. The van der Waals surface area contributed by atoms with E-state index < -0.39 is 11.8 Å². The summed E-state index contributed by atoms with van der Waals surface area (Å²) < 4.78 is 19.3. The SMILES string of the molecule is Bc1cc(F)cc(N2CCc3c(sc4c3CCCC4)C2=O)c1COC(C)=O. The molecule has 4 rings (SSSR count). The largest absolute Gasteiger partial charge is 0.461 e. The first kappa shape index (κ1) is 18.2. The molecule has 4 nitrogen and oxygen atoms in total. The Kier molecular flexibility index (Phi) is 4.80. The summed E-state index contributed by atoms with van der Waals surface area (Å²) in [4.78, 5) is 28.3. The smallest absolute Gasteiger partial charge is 0.302 e. The molecule has 1 aliphatic heterocycles. The number of thiophene rings is 1. The lowest BCUT2D eigenvalue weighted by atomic mass is 9.88. The summed E-state index contributed by atoms with van der Waals surface area (Å²) in [5, 5.41) is 0. The van der Waals surface area contributed by atoms with Crippen LogP contribution in [0, 0.1) is 5.82 Å². The molecular weight excluding hydrogens is 364 g/mol. The number of halogens is 1. The molecule has 140 valence electrons. The molecule has 0 unspecified atom stereocenters. The number of hydrogen-bond acceptors (Lipinski definition) is 4. The van der Waals surface area contributed by atoms with Crippen LogP contribution in [0.2, 0.25) is 0 Å². The van der Waals surface area contributed by atoms with Crippen LogP contribution in [-0.4, -0.2) is 26.3 Å². The topological polar surface area (TPSA) is 46.6 Å². The molecule has 2 heterocycles. The predicted octanol–water partition coefficient (Wildman–Crippen LogP) is 2.29. The minimum atomic E-state index is -0.400. The van der Waals surface area contributed by atoms with Gasteiger partial charge in [-0.15, -0.1) is 11.3 Å². The standard InChI is InChI=1S/C20H21BFNO3S/c1-11(24)26-10-15-16(21)8-12(22)9-17(15)23-7-6-14-13-4-2-3-5-18(13)27-19(14)20(23)25/h8-9H,2-7,10,21H2,1H3. The van der Waals surface area contributed by atoms with E-state index in [2.05, 4.69) is 0 Å². The minimum Gasteiger partial charge on any atom is -0.461 e. The molecule has 7 heteroatoms. The number of rotatable bonds is 3. The molecule has 2 aliphatic rings. The lowest BCUT2D eigenvalue weighted by Crippen LogP contribution is -2.38. The quantitative estimate of drug-likeness (QED) is 0.602. The summed E-state index contributed by atoms with van der Waals surface area (Å²) in [6, 6.07) is 2.79. The van der Waals surface area contributed by atoms with Crippen LogP contribution in [0.15, 0.2) is 12.1 Å². The number of ether oxygens (including phenoxy) is 1. The Morgan fingerprint density at radius 1 is 1.26 bits per heavy atom. The van der Waals surface area contributed by atoms with Crippen LogP contribution in [-0.2, 0) is 35.4 Å². The first-order valence-corrected chi connectivity index (χ1v) is 10.1. The van der Waals surface area contributed by atoms with Crippen molar-refractivity contribution in [2.75, 3.05) is 11.4 Å². The lowest BCUT2D eigenvalue weighted by molar-refractivity contribution is -0.142. The van der Waals surface area contributed by atoms with Gasteiger partial charge in [0.15, 0.2) is 0 Å². The molecule has 0 spiro atoms. The number of esters is 1. The summed E-state index contributed by atoms with van der Waals surface area (Å²) in [5.41, 5.74) is 4.45. The van der Waals surface area contributed by atoms with Crippen LogP contribution in [0.4, 0.5) is 10.1 Å². The minimum absolute atomic E-state index is 0.0361. The van der Waals surface area contributed by atoms with Crippen molar-refractivity contribution in [1.29, 1.82) is 0 Å². The second-order valence-electron chi connectivity index (χ2n) is 7.23. The van der Waals surface area contributed by atoms with Crippen molar-refractivity contribution < 1.29 is 18.7 Å². The average molecular weight is 385 g/mol. The fourth-order valence-electron chi connectivity index (χ4n) is 4.10. The van der Waals surface area contributed by atoms with Gasteiger partial charge in [-0.25, -0.2) is 4.39 Å². The maximum Gasteiger partial charge on any atom is 0.302 e. The Morgan fingerprint density at radius 3 is 2.81 bits per heavy atom. The van der Waals surface area contributed by atoms with Gasteiger partial charge in [-0.3, -0.25) is 9.59 Å². The van der Waals surface area contributed by atoms with Crippen molar-refractivity contribution >= 4 is 42.2 Å². The number of amides is 1. The summed E-state index contributed by atoms with van der Waals surface area (Å²) >= 11 is 1.61. The van der Waals surface area contributed by atoms with E-state index in [-0.39, 0.29) is 12.5 Å². The number of benzene rings is 1. The highest BCUT2D eigenvalue weighted by Crippen LogP contribution is 2.39. The van der Waals surface area contributed by atoms with E-state index in [0.717, 1.165) is 24.1 Å². The molecule has 0 N–H and O–H groups in total. The van der Waals surface area contributed by atoms with Crippen LogP contribution in [0.3, 0.4) is 0 Å². The number of anilines is 1. The molecule has 2 aromatic rings. The van der Waals surface area contributed by atoms with Gasteiger partial charge < -0.3 is 9.64 Å². The molecule has 0 bridgehead atoms. The fourth-order valence-corrected chi connectivity index (χ4v) is 5.49. The van der Waals surface area contributed by atoms with Crippen LogP contribution < -0.4 is 10.4 Å². The van der Waals surface area contributed by atoms with E-state index in [0.29, 0.717) is 23.3 Å². The van der Waals surface area contributed by atoms with Gasteiger partial charge in [-0.1, -0.05) is 5.46 Å². The van der Waals surface area contributed by atoms with Gasteiger partial charge in [0.2, 0.25) is 0 Å². The van der Waals surface area contributed by atoms with Gasteiger partial charge in [-0.2, -0.15) is 0 Å². The average Bonchev–Trinajstić information content (AvgIpc) is 3.00. The zero-order valence-electron chi connectivity index (χ0n) is 15.6. The molecule has 1 aromatic carbocycles. The van der Waals surface area contributed by atoms with Gasteiger partial charge in [0.05, 0.1) is 10.6 Å². The van der Waals surface area contributed by atoms with Crippen LogP contribution in [0.25, 0.3) is 0 Å². The van der Waals surface area contributed by atoms with E-state index in [4.69, 9.17) is 4.74 Å². The first-order valence-electron chi connectivity index (χ1n) is 9.33. The fraction of sp³-hybridized carbons (Fsp3) is 0.400. The highest BCUT2D eigenvalue weighted by molar-refractivity contribution is 7.14. The van der Waals surface area contributed by atoms with Gasteiger partial charge in [0.1, 0.15) is 20.3 Å². The maximum absolute atomic E-state index is 14.1. The van der Waals surface area contributed by atoms with Gasteiger partial charge in [-0.05, 0) is 55.4 Å². The zero-order valence-corrected chi connectivity index (χ0v) is 16.4. The molecule has 0 saturated heterocycles. The highest BCUT2D eigenvalue weighted by Gasteiger charge is 2.33. The van der Waals surface area contributed by atoms with Crippen molar-refractivity contribution in [3.8, 4) is 0 Å². The second-order valence-corrected chi connectivity index (χ2v) is 8.33. The highest BCUT2D eigenvalue weighted by atomic mass is 32.1. The van der Waals surface area contributed by atoms with Crippen LogP contribution >= 0.6 is 11.3 Å². The number of fused-ring (bicyclic) bond motifs is 3. The molecule has 1 aromatic heterocycles. The second kappa shape index (κ2) is 7.11. The molecule has 1 aliphatic carbocycles. The Balaban J connectivity index is 1.73.